The van der Waals surface area contributed by atoms with Crippen molar-refractivity contribution < 1.29 is 14.3 Å². The number of fused-ring (bicyclic) bond motifs is 1. The van der Waals surface area contributed by atoms with Gasteiger partial charge in [-0.1, -0.05) is 11.6 Å². The van der Waals surface area contributed by atoms with Gasteiger partial charge in [0.25, 0.3) is 5.91 Å². The monoisotopic (exact) mass is 427 g/mol. The van der Waals surface area contributed by atoms with Gasteiger partial charge in [0.2, 0.25) is 5.91 Å². The number of nitrogens with one attached hydrogen (secondary N) is 1. The molecule has 1 aliphatic heterocycles. The molecule has 0 fully saturated rings. The van der Waals surface area contributed by atoms with Crippen LogP contribution in [-0.4, -0.2) is 29.4 Å². The maximum atomic E-state index is 12.8. The Bertz CT molecular complexity index is 1080. The number of aromatic nitrogens is 1. The highest BCUT2D eigenvalue weighted by molar-refractivity contribution is 7.09. The highest BCUT2D eigenvalue weighted by Crippen LogP contribution is 2.37. The number of hydrogen-bond donors (Lipinski definition) is 1. The molecule has 1 N–H and O–H groups in total. The first kappa shape index (κ1) is 19.4. The van der Waals surface area contributed by atoms with E-state index in [0.29, 0.717) is 22.1 Å². The summed E-state index contributed by atoms with van der Waals surface area (Å²) in [5.74, 6) is -0.0157. The Kier molecular flexibility index (Phi) is 5.25. The van der Waals surface area contributed by atoms with E-state index in [1.54, 1.807) is 42.5 Å². The molecule has 1 atom stereocenters. The second kappa shape index (κ2) is 7.85. The number of aryl methyl sites for hydroxylation is 1. The first-order chi connectivity index (χ1) is 13.9. The van der Waals surface area contributed by atoms with Crippen molar-refractivity contribution in [3.63, 3.8) is 0 Å². The van der Waals surface area contributed by atoms with Gasteiger partial charge in [0.1, 0.15) is 12.3 Å². The summed E-state index contributed by atoms with van der Waals surface area (Å²) in [7, 11) is 0. The summed E-state index contributed by atoms with van der Waals surface area (Å²) in [6, 6.07) is 12.4. The topological polar surface area (TPSA) is 71.5 Å². The predicted molar refractivity (Wildman–Crippen MR) is 115 cm³/mol. The Hall–Kier alpha value is -2.90. The lowest BCUT2D eigenvalue weighted by Crippen LogP contribution is -2.47. The number of nitrogens with zero attached hydrogens (tertiary/aromatic N) is 2. The van der Waals surface area contributed by atoms with Crippen molar-refractivity contribution in [2.45, 2.75) is 20.0 Å². The second-order valence-electron chi connectivity index (χ2n) is 6.67. The summed E-state index contributed by atoms with van der Waals surface area (Å²) in [4.78, 5) is 31.3. The van der Waals surface area contributed by atoms with Gasteiger partial charge in [-0.3, -0.25) is 14.5 Å². The van der Waals surface area contributed by atoms with Crippen molar-refractivity contribution in [1.82, 2.24) is 4.98 Å². The van der Waals surface area contributed by atoms with Gasteiger partial charge in [-0.2, -0.15) is 0 Å². The van der Waals surface area contributed by atoms with E-state index in [2.05, 4.69) is 10.3 Å². The van der Waals surface area contributed by atoms with Gasteiger partial charge in [-0.15, -0.1) is 11.3 Å². The molecular weight excluding hydrogens is 410 g/mol. The van der Waals surface area contributed by atoms with Crippen LogP contribution >= 0.6 is 22.9 Å². The molecule has 4 rings (SSSR count). The predicted octanol–water partition coefficient (Wildman–Crippen LogP) is 4.52. The quantitative estimate of drug-likeness (QED) is 0.664. The van der Waals surface area contributed by atoms with Crippen molar-refractivity contribution in [2.75, 3.05) is 16.8 Å². The van der Waals surface area contributed by atoms with Crippen LogP contribution in [0.5, 0.6) is 5.75 Å². The number of hydrogen-bond acceptors (Lipinski definition) is 5. The number of anilines is 2. The third-order valence-electron chi connectivity index (χ3n) is 4.51. The number of rotatable bonds is 4. The molecule has 29 heavy (non-hydrogen) atoms. The zero-order valence-corrected chi connectivity index (χ0v) is 17.4. The maximum Gasteiger partial charge on any atom is 0.268 e. The molecule has 0 spiro atoms. The molecule has 6 nitrogen and oxygen atoms in total. The van der Waals surface area contributed by atoms with E-state index < -0.39 is 6.10 Å². The Morgan fingerprint density at radius 1 is 1.28 bits per heavy atom. The molecule has 0 saturated carbocycles. The molecule has 2 heterocycles. The fourth-order valence-electron chi connectivity index (χ4n) is 3.10. The van der Waals surface area contributed by atoms with E-state index in [1.165, 1.54) is 4.90 Å². The minimum Gasteiger partial charge on any atom is -0.479 e. The van der Waals surface area contributed by atoms with Crippen LogP contribution in [-0.2, 0) is 9.59 Å². The molecule has 0 saturated heterocycles. The lowest BCUT2D eigenvalue weighted by Gasteiger charge is -2.32. The van der Waals surface area contributed by atoms with E-state index in [0.717, 1.165) is 16.3 Å². The van der Waals surface area contributed by atoms with Crippen LogP contribution in [0.25, 0.3) is 11.3 Å². The molecule has 2 amide bonds. The van der Waals surface area contributed by atoms with Crippen LogP contribution in [0.4, 0.5) is 11.4 Å². The Balaban J connectivity index is 1.61. The van der Waals surface area contributed by atoms with E-state index in [4.69, 9.17) is 16.3 Å². The van der Waals surface area contributed by atoms with Gasteiger partial charge in [-0.05, 0) is 56.3 Å². The summed E-state index contributed by atoms with van der Waals surface area (Å²) in [6.07, 6.45) is -0.668. The van der Waals surface area contributed by atoms with Gasteiger partial charge in [0.15, 0.2) is 6.10 Å². The Labute approximate surface area is 177 Å². The van der Waals surface area contributed by atoms with E-state index in [1.807, 2.05) is 30.5 Å². The van der Waals surface area contributed by atoms with Crippen molar-refractivity contribution >= 4 is 46.1 Å². The average Bonchev–Trinajstić information content (AvgIpc) is 3.13. The molecule has 1 aromatic heterocycles. The van der Waals surface area contributed by atoms with Crippen molar-refractivity contribution in [2.24, 2.45) is 0 Å². The molecule has 148 valence electrons. The molecule has 1 unspecified atom stereocenters. The van der Waals surface area contributed by atoms with Crippen LogP contribution in [0, 0.1) is 6.92 Å². The highest BCUT2D eigenvalue weighted by Gasteiger charge is 2.33. The smallest absolute Gasteiger partial charge is 0.268 e. The third-order valence-corrected chi connectivity index (χ3v) is 5.54. The third kappa shape index (κ3) is 4.11. The minimum atomic E-state index is -0.668. The van der Waals surface area contributed by atoms with Crippen LogP contribution in [0.2, 0.25) is 5.02 Å². The molecule has 3 aromatic rings. The normalized spacial score (nSPS) is 15.6. The van der Waals surface area contributed by atoms with Crippen LogP contribution in [0.15, 0.2) is 47.8 Å². The zero-order valence-electron chi connectivity index (χ0n) is 15.8. The standard InChI is InChI=1S/C21H18ClN3O3S/c1-12-21(27)25(10-20(26)24-16-6-4-15(22)5-7-16)18-9-14(3-8-19(18)28-12)17-11-29-13(2)23-17/h3-9,11-12H,10H2,1-2H3,(H,24,26). The van der Waals surface area contributed by atoms with Gasteiger partial charge >= 0.3 is 0 Å². The van der Waals surface area contributed by atoms with Gasteiger partial charge in [0, 0.05) is 21.7 Å². The number of halogens is 1. The summed E-state index contributed by atoms with van der Waals surface area (Å²) >= 11 is 7.43. The van der Waals surface area contributed by atoms with Crippen molar-refractivity contribution in [1.29, 1.82) is 0 Å². The summed E-state index contributed by atoms with van der Waals surface area (Å²) in [5.41, 5.74) is 2.86. The molecule has 0 bridgehead atoms. The van der Waals surface area contributed by atoms with Crippen LogP contribution < -0.4 is 15.0 Å². The fourth-order valence-corrected chi connectivity index (χ4v) is 3.85. The Morgan fingerprint density at radius 3 is 2.72 bits per heavy atom. The summed E-state index contributed by atoms with van der Waals surface area (Å²) in [6.45, 7) is 3.49. The lowest BCUT2D eigenvalue weighted by molar-refractivity contribution is -0.127. The number of carbonyl (C=O) groups is 2. The number of carbonyl (C=O) groups excluding carboxylic acids is 2. The van der Waals surface area contributed by atoms with Gasteiger partial charge in [0.05, 0.1) is 16.4 Å². The molecule has 0 radical (unpaired) electrons. The van der Waals surface area contributed by atoms with E-state index >= 15 is 0 Å². The van der Waals surface area contributed by atoms with Crippen LogP contribution in [0.1, 0.15) is 11.9 Å². The van der Waals surface area contributed by atoms with Crippen LogP contribution in [0.3, 0.4) is 0 Å². The van der Waals surface area contributed by atoms with E-state index in [9.17, 15) is 9.59 Å². The molecule has 2 aromatic carbocycles. The second-order valence-corrected chi connectivity index (χ2v) is 8.17. The molecule has 1 aliphatic rings. The van der Waals surface area contributed by atoms with Crippen molar-refractivity contribution in [3.05, 3.63) is 57.9 Å². The zero-order chi connectivity index (χ0) is 20.5. The Morgan fingerprint density at radius 2 is 2.03 bits per heavy atom. The first-order valence-corrected chi connectivity index (χ1v) is 10.3. The SMILES string of the molecule is Cc1nc(-c2ccc3c(c2)N(CC(=O)Nc2ccc(Cl)cc2)C(=O)C(C)O3)cs1. The van der Waals surface area contributed by atoms with E-state index in [-0.39, 0.29) is 18.4 Å². The lowest BCUT2D eigenvalue weighted by atomic mass is 10.1. The number of thiazole rings is 1. The van der Waals surface area contributed by atoms with Crippen molar-refractivity contribution in [3.8, 4) is 17.0 Å². The molecular formula is C21H18ClN3O3S. The highest BCUT2D eigenvalue weighted by atomic mass is 35.5. The molecule has 8 heteroatoms. The largest absolute Gasteiger partial charge is 0.479 e. The molecule has 0 aliphatic carbocycles. The minimum absolute atomic E-state index is 0.123. The fraction of sp³-hybridized carbons (Fsp3) is 0.190. The van der Waals surface area contributed by atoms with Gasteiger partial charge in [-0.25, -0.2) is 4.98 Å². The number of amides is 2. The maximum absolute atomic E-state index is 12.8. The van der Waals surface area contributed by atoms with Gasteiger partial charge < -0.3 is 10.1 Å². The average molecular weight is 428 g/mol. The number of ether oxygens (including phenoxy) is 1. The summed E-state index contributed by atoms with van der Waals surface area (Å²) < 4.78 is 5.73. The number of benzene rings is 2. The summed E-state index contributed by atoms with van der Waals surface area (Å²) in [5, 5.41) is 6.29. The first-order valence-electron chi connectivity index (χ1n) is 9.01.